The van der Waals surface area contributed by atoms with E-state index in [-0.39, 0.29) is 6.10 Å². The van der Waals surface area contributed by atoms with Gasteiger partial charge in [-0.25, -0.2) is 0 Å². The summed E-state index contributed by atoms with van der Waals surface area (Å²) in [6, 6.07) is 5.99. The van der Waals surface area contributed by atoms with Crippen molar-refractivity contribution in [1.29, 1.82) is 0 Å². The van der Waals surface area contributed by atoms with Crippen molar-refractivity contribution in [3.05, 3.63) is 29.3 Å². The maximum absolute atomic E-state index is 9.26. The molecule has 0 radical (unpaired) electrons. The fourth-order valence-electron chi connectivity index (χ4n) is 1.39. The van der Waals surface area contributed by atoms with Gasteiger partial charge < -0.3 is 9.84 Å². The van der Waals surface area contributed by atoms with Crippen LogP contribution in [0.15, 0.2) is 18.2 Å². The number of rotatable bonds is 3. The van der Waals surface area contributed by atoms with Gasteiger partial charge in [0.1, 0.15) is 5.75 Å². The summed E-state index contributed by atoms with van der Waals surface area (Å²) in [4.78, 5) is 0. The molecule has 1 aromatic rings. The van der Waals surface area contributed by atoms with Gasteiger partial charge in [-0.05, 0) is 25.5 Å². The van der Waals surface area contributed by atoms with Gasteiger partial charge in [0, 0.05) is 6.42 Å². The number of benzene rings is 1. The van der Waals surface area contributed by atoms with Crippen molar-refractivity contribution in [2.75, 3.05) is 7.11 Å². The molecule has 0 spiro atoms. The SMILES string of the molecule is COc1ccc(C)cc1C[C@H](C)O. The van der Waals surface area contributed by atoms with Crippen LogP contribution in [0.3, 0.4) is 0 Å². The van der Waals surface area contributed by atoms with Gasteiger partial charge in [-0.3, -0.25) is 0 Å². The van der Waals surface area contributed by atoms with E-state index in [2.05, 4.69) is 0 Å². The van der Waals surface area contributed by atoms with Crippen LogP contribution in [0.1, 0.15) is 18.1 Å². The van der Waals surface area contributed by atoms with Gasteiger partial charge in [-0.15, -0.1) is 0 Å². The Balaban J connectivity index is 2.94. The van der Waals surface area contributed by atoms with E-state index in [0.717, 1.165) is 11.3 Å². The first kappa shape index (κ1) is 10.1. The number of aliphatic hydroxyl groups is 1. The fourth-order valence-corrected chi connectivity index (χ4v) is 1.39. The molecular weight excluding hydrogens is 164 g/mol. The average molecular weight is 180 g/mol. The Morgan fingerprint density at radius 3 is 2.69 bits per heavy atom. The largest absolute Gasteiger partial charge is 0.496 e. The highest BCUT2D eigenvalue weighted by molar-refractivity contribution is 5.37. The molecular formula is C11H16O2. The zero-order valence-corrected chi connectivity index (χ0v) is 8.37. The summed E-state index contributed by atoms with van der Waals surface area (Å²) in [7, 11) is 1.65. The Morgan fingerprint density at radius 1 is 1.46 bits per heavy atom. The van der Waals surface area contributed by atoms with Crippen molar-refractivity contribution in [3.8, 4) is 5.75 Å². The second kappa shape index (κ2) is 4.28. The molecule has 0 bridgehead atoms. The molecule has 0 amide bonds. The van der Waals surface area contributed by atoms with Crippen molar-refractivity contribution >= 4 is 0 Å². The maximum Gasteiger partial charge on any atom is 0.122 e. The molecule has 2 nitrogen and oxygen atoms in total. The summed E-state index contributed by atoms with van der Waals surface area (Å²) in [5.74, 6) is 0.853. The zero-order chi connectivity index (χ0) is 9.84. The summed E-state index contributed by atoms with van der Waals surface area (Å²) in [5, 5.41) is 9.26. The molecule has 72 valence electrons. The summed E-state index contributed by atoms with van der Waals surface area (Å²) in [5.41, 5.74) is 2.26. The van der Waals surface area contributed by atoms with Gasteiger partial charge in [-0.2, -0.15) is 0 Å². The summed E-state index contributed by atoms with van der Waals surface area (Å²) in [6.45, 7) is 3.81. The van der Waals surface area contributed by atoms with E-state index in [1.54, 1.807) is 14.0 Å². The fraction of sp³-hybridized carbons (Fsp3) is 0.455. The van der Waals surface area contributed by atoms with E-state index in [1.165, 1.54) is 5.56 Å². The number of hydrogen-bond donors (Lipinski definition) is 1. The van der Waals surface area contributed by atoms with Crippen LogP contribution in [-0.2, 0) is 6.42 Å². The zero-order valence-electron chi connectivity index (χ0n) is 8.37. The quantitative estimate of drug-likeness (QED) is 0.770. The highest BCUT2D eigenvalue weighted by Gasteiger charge is 2.05. The number of aryl methyl sites for hydroxylation is 1. The number of hydrogen-bond acceptors (Lipinski definition) is 2. The van der Waals surface area contributed by atoms with E-state index in [1.807, 2.05) is 25.1 Å². The topological polar surface area (TPSA) is 29.5 Å². The molecule has 1 rings (SSSR count). The Hall–Kier alpha value is -1.02. The second-order valence-corrected chi connectivity index (χ2v) is 3.37. The van der Waals surface area contributed by atoms with Crippen molar-refractivity contribution in [2.24, 2.45) is 0 Å². The smallest absolute Gasteiger partial charge is 0.122 e. The van der Waals surface area contributed by atoms with Crippen molar-refractivity contribution in [2.45, 2.75) is 26.4 Å². The lowest BCUT2D eigenvalue weighted by Crippen LogP contribution is -2.05. The molecule has 1 aromatic carbocycles. The lowest BCUT2D eigenvalue weighted by molar-refractivity contribution is 0.194. The first-order valence-corrected chi connectivity index (χ1v) is 4.45. The third-order valence-electron chi connectivity index (χ3n) is 1.95. The molecule has 0 saturated carbocycles. The summed E-state index contributed by atoms with van der Waals surface area (Å²) >= 11 is 0. The minimum atomic E-state index is -0.323. The van der Waals surface area contributed by atoms with Gasteiger partial charge >= 0.3 is 0 Å². The predicted molar refractivity (Wildman–Crippen MR) is 53.1 cm³/mol. The van der Waals surface area contributed by atoms with E-state index >= 15 is 0 Å². The van der Waals surface area contributed by atoms with Gasteiger partial charge in [0.15, 0.2) is 0 Å². The molecule has 2 heteroatoms. The molecule has 0 fully saturated rings. The van der Waals surface area contributed by atoms with Crippen LogP contribution < -0.4 is 4.74 Å². The van der Waals surface area contributed by atoms with Crippen molar-refractivity contribution < 1.29 is 9.84 Å². The molecule has 0 aliphatic heterocycles. The normalized spacial score (nSPS) is 12.6. The molecule has 13 heavy (non-hydrogen) atoms. The van der Waals surface area contributed by atoms with Gasteiger partial charge in [0.05, 0.1) is 13.2 Å². The average Bonchev–Trinajstić information content (AvgIpc) is 2.03. The summed E-state index contributed by atoms with van der Waals surface area (Å²) in [6.07, 6.45) is 0.320. The van der Waals surface area contributed by atoms with Crippen LogP contribution in [0.4, 0.5) is 0 Å². The Kier molecular flexibility index (Phi) is 3.32. The highest BCUT2D eigenvalue weighted by atomic mass is 16.5. The van der Waals surface area contributed by atoms with Crippen LogP contribution in [-0.4, -0.2) is 18.3 Å². The number of ether oxygens (including phenoxy) is 1. The lowest BCUT2D eigenvalue weighted by Gasteiger charge is -2.10. The molecule has 0 aliphatic carbocycles. The number of methoxy groups -OCH3 is 1. The first-order chi connectivity index (χ1) is 6.13. The third kappa shape index (κ3) is 2.74. The van der Waals surface area contributed by atoms with Crippen LogP contribution in [0.5, 0.6) is 5.75 Å². The van der Waals surface area contributed by atoms with Crippen LogP contribution in [0, 0.1) is 6.92 Å². The maximum atomic E-state index is 9.26. The second-order valence-electron chi connectivity index (χ2n) is 3.37. The van der Waals surface area contributed by atoms with E-state index < -0.39 is 0 Å². The van der Waals surface area contributed by atoms with Gasteiger partial charge in [-0.1, -0.05) is 17.7 Å². The predicted octanol–water partition coefficient (Wildman–Crippen LogP) is 1.93. The Bertz CT molecular complexity index is 279. The van der Waals surface area contributed by atoms with Crippen molar-refractivity contribution in [1.82, 2.24) is 0 Å². The minimum absolute atomic E-state index is 0.323. The van der Waals surface area contributed by atoms with E-state index in [4.69, 9.17) is 4.74 Å². The standard InChI is InChI=1S/C11H16O2/c1-8-4-5-11(13-3)10(6-8)7-9(2)12/h4-6,9,12H,7H2,1-3H3/t9-/m0/s1. The lowest BCUT2D eigenvalue weighted by atomic mass is 10.1. The van der Waals surface area contributed by atoms with Crippen molar-refractivity contribution in [3.63, 3.8) is 0 Å². The van der Waals surface area contributed by atoms with E-state index in [9.17, 15) is 5.11 Å². The van der Waals surface area contributed by atoms with E-state index in [0.29, 0.717) is 6.42 Å². The minimum Gasteiger partial charge on any atom is -0.496 e. The molecule has 0 saturated heterocycles. The van der Waals surface area contributed by atoms with Crippen LogP contribution >= 0.6 is 0 Å². The monoisotopic (exact) mass is 180 g/mol. The van der Waals surface area contributed by atoms with Crippen LogP contribution in [0.25, 0.3) is 0 Å². The van der Waals surface area contributed by atoms with Gasteiger partial charge in [0.2, 0.25) is 0 Å². The third-order valence-corrected chi connectivity index (χ3v) is 1.95. The molecule has 1 atom stereocenters. The summed E-state index contributed by atoms with van der Waals surface area (Å²) < 4.78 is 5.19. The molecule has 0 heterocycles. The van der Waals surface area contributed by atoms with Gasteiger partial charge in [0.25, 0.3) is 0 Å². The highest BCUT2D eigenvalue weighted by Crippen LogP contribution is 2.20. The molecule has 1 N–H and O–H groups in total. The first-order valence-electron chi connectivity index (χ1n) is 4.45. The Labute approximate surface area is 79.2 Å². The molecule has 0 unspecified atom stereocenters. The molecule has 0 aliphatic rings. The van der Waals surface area contributed by atoms with Crippen LogP contribution in [0.2, 0.25) is 0 Å². The molecule has 0 aromatic heterocycles. The Morgan fingerprint density at radius 2 is 2.15 bits per heavy atom. The number of aliphatic hydroxyl groups excluding tert-OH is 1.